The maximum atomic E-state index is 12.2. The van der Waals surface area contributed by atoms with E-state index in [-0.39, 0.29) is 11.8 Å². The molecule has 2 heterocycles. The van der Waals surface area contributed by atoms with Crippen LogP contribution in [0.4, 0.5) is 0 Å². The molecule has 6 nitrogen and oxygen atoms in total. The molecule has 0 radical (unpaired) electrons. The highest BCUT2D eigenvalue weighted by molar-refractivity contribution is 5.85. The fraction of sp³-hybridized carbons (Fsp3) is 0.857. The van der Waals surface area contributed by atoms with E-state index in [4.69, 9.17) is 5.73 Å². The van der Waals surface area contributed by atoms with E-state index in [0.717, 1.165) is 13.1 Å². The van der Waals surface area contributed by atoms with Crippen LogP contribution in [0.5, 0.6) is 0 Å². The zero-order valence-corrected chi connectivity index (χ0v) is 12.6. The molecule has 20 heavy (non-hydrogen) atoms. The average Bonchev–Trinajstić information content (AvgIpc) is 2.90. The van der Waals surface area contributed by atoms with Crippen molar-refractivity contribution in [2.45, 2.75) is 32.2 Å². The van der Waals surface area contributed by atoms with Gasteiger partial charge in [0.15, 0.2) is 0 Å². The van der Waals surface area contributed by atoms with Crippen molar-refractivity contribution in [3.8, 4) is 0 Å². The largest absolute Gasteiger partial charge is 0.338 e. The molecule has 0 unspecified atom stereocenters. The smallest absolute Gasteiger partial charge is 0.242 e. The molecule has 0 aliphatic carbocycles. The molecule has 2 N–H and O–H groups in total. The Kier molecular flexibility index (Phi) is 4.65. The van der Waals surface area contributed by atoms with E-state index in [0.29, 0.717) is 32.7 Å². The fourth-order valence-electron chi connectivity index (χ4n) is 2.80. The van der Waals surface area contributed by atoms with Crippen molar-refractivity contribution < 1.29 is 9.59 Å². The van der Waals surface area contributed by atoms with E-state index < -0.39 is 5.54 Å². The second-order valence-electron chi connectivity index (χ2n) is 6.38. The number of hydrogen-bond donors (Lipinski definition) is 1. The first-order chi connectivity index (χ1) is 9.38. The minimum absolute atomic E-state index is 0.0378. The van der Waals surface area contributed by atoms with Crippen LogP contribution < -0.4 is 5.73 Å². The van der Waals surface area contributed by atoms with Crippen molar-refractivity contribution in [1.29, 1.82) is 0 Å². The Labute approximate surface area is 120 Å². The van der Waals surface area contributed by atoms with Gasteiger partial charge >= 0.3 is 0 Å². The summed E-state index contributed by atoms with van der Waals surface area (Å²) in [6.07, 6.45) is 2.39. The highest BCUT2D eigenvalue weighted by Gasteiger charge is 2.31. The van der Waals surface area contributed by atoms with Gasteiger partial charge in [-0.2, -0.15) is 0 Å². The second kappa shape index (κ2) is 6.10. The maximum absolute atomic E-state index is 12.2. The molecule has 2 rings (SSSR count). The molecule has 2 aliphatic rings. The third kappa shape index (κ3) is 3.70. The van der Waals surface area contributed by atoms with Crippen LogP contribution in [-0.4, -0.2) is 77.9 Å². The van der Waals surface area contributed by atoms with E-state index in [2.05, 4.69) is 4.90 Å². The van der Waals surface area contributed by atoms with Gasteiger partial charge in [0.25, 0.3) is 0 Å². The molecule has 0 aromatic heterocycles. The second-order valence-corrected chi connectivity index (χ2v) is 6.38. The molecule has 0 aromatic carbocycles. The predicted octanol–water partition coefficient (Wildman–Crippen LogP) is -0.510. The normalized spacial score (nSPS) is 21.4. The number of amides is 2. The van der Waals surface area contributed by atoms with Crippen molar-refractivity contribution in [3.63, 3.8) is 0 Å². The summed E-state index contributed by atoms with van der Waals surface area (Å²) in [6.45, 7) is 8.45. The summed E-state index contributed by atoms with van der Waals surface area (Å²) >= 11 is 0. The van der Waals surface area contributed by atoms with E-state index in [1.54, 1.807) is 18.7 Å². The minimum atomic E-state index is -0.832. The molecule has 2 aliphatic heterocycles. The highest BCUT2D eigenvalue weighted by atomic mass is 16.2. The van der Waals surface area contributed by atoms with Crippen LogP contribution in [0, 0.1) is 0 Å². The van der Waals surface area contributed by atoms with Gasteiger partial charge < -0.3 is 15.5 Å². The maximum Gasteiger partial charge on any atom is 0.242 e. The SMILES string of the molecule is CC(C)(N)C(=O)N1CCN(C(=O)CN2CCCC2)CC1. The summed E-state index contributed by atoms with van der Waals surface area (Å²) in [5.74, 6) is 0.148. The molecule has 0 spiro atoms. The number of carbonyl (C=O) groups excluding carboxylic acids is 2. The van der Waals surface area contributed by atoms with Gasteiger partial charge in [0.05, 0.1) is 12.1 Å². The van der Waals surface area contributed by atoms with Gasteiger partial charge in [0, 0.05) is 26.2 Å². The molecule has 0 bridgehead atoms. The molecule has 2 amide bonds. The summed E-state index contributed by atoms with van der Waals surface area (Å²) in [6, 6.07) is 0. The first kappa shape index (κ1) is 15.3. The quantitative estimate of drug-likeness (QED) is 0.757. The molecule has 0 atom stereocenters. The van der Waals surface area contributed by atoms with Crippen molar-refractivity contribution >= 4 is 11.8 Å². The molecule has 2 saturated heterocycles. The Bertz CT molecular complexity index is 364. The van der Waals surface area contributed by atoms with Crippen LogP contribution in [0.2, 0.25) is 0 Å². The third-order valence-corrected chi connectivity index (χ3v) is 4.03. The average molecular weight is 282 g/mol. The summed E-state index contributed by atoms with van der Waals surface area (Å²) in [5.41, 5.74) is 5.00. The van der Waals surface area contributed by atoms with Crippen molar-refractivity contribution in [2.75, 3.05) is 45.8 Å². The lowest BCUT2D eigenvalue weighted by Gasteiger charge is -2.38. The molecule has 114 valence electrons. The number of nitrogens with two attached hydrogens (primary N) is 1. The minimum Gasteiger partial charge on any atom is -0.338 e. The van der Waals surface area contributed by atoms with E-state index in [1.807, 2.05) is 4.90 Å². The lowest BCUT2D eigenvalue weighted by Crippen LogP contribution is -2.58. The van der Waals surface area contributed by atoms with Gasteiger partial charge in [-0.25, -0.2) is 0 Å². The first-order valence-corrected chi connectivity index (χ1v) is 7.46. The number of hydrogen-bond acceptors (Lipinski definition) is 4. The Morgan fingerprint density at radius 2 is 1.45 bits per heavy atom. The van der Waals surface area contributed by atoms with Crippen LogP contribution >= 0.6 is 0 Å². The summed E-state index contributed by atoms with van der Waals surface area (Å²) in [4.78, 5) is 30.1. The highest BCUT2D eigenvalue weighted by Crippen LogP contribution is 2.11. The Balaban J connectivity index is 1.78. The summed E-state index contributed by atoms with van der Waals surface area (Å²) < 4.78 is 0. The van der Waals surface area contributed by atoms with Gasteiger partial charge in [0.1, 0.15) is 0 Å². The van der Waals surface area contributed by atoms with E-state index in [9.17, 15) is 9.59 Å². The zero-order chi connectivity index (χ0) is 14.8. The molecule has 6 heteroatoms. The van der Waals surface area contributed by atoms with Crippen LogP contribution in [0.3, 0.4) is 0 Å². The van der Waals surface area contributed by atoms with Crippen LogP contribution in [0.15, 0.2) is 0 Å². The number of carbonyl (C=O) groups is 2. The Hall–Kier alpha value is -1.14. The predicted molar refractivity (Wildman–Crippen MR) is 77.1 cm³/mol. The molecular formula is C14H26N4O2. The van der Waals surface area contributed by atoms with Gasteiger partial charge in [-0.1, -0.05) is 0 Å². The fourth-order valence-corrected chi connectivity index (χ4v) is 2.80. The lowest BCUT2D eigenvalue weighted by molar-refractivity contribution is -0.142. The lowest BCUT2D eigenvalue weighted by atomic mass is 10.0. The monoisotopic (exact) mass is 282 g/mol. The van der Waals surface area contributed by atoms with E-state index >= 15 is 0 Å². The number of piperazine rings is 1. The molecule has 0 saturated carbocycles. The van der Waals surface area contributed by atoms with Gasteiger partial charge in [-0.3, -0.25) is 14.5 Å². The standard InChI is InChI=1S/C14H26N4O2/c1-14(2,15)13(20)18-9-7-17(8-10-18)12(19)11-16-5-3-4-6-16/h3-11,15H2,1-2H3. The van der Waals surface area contributed by atoms with Crippen LogP contribution in [-0.2, 0) is 9.59 Å². The van der Waals surface area contributed by atoms with Crippen LogP contribution in [0.25, 0.3) is 0 Å². The Morgan fingerprint density at radius 1 is 0.950 bits per heavy atom. The Morgan fingerprint density at radius 3 is 1.95 bits per heavy atom. The number of nitrogens with zero attached hydrogens (tertiary/aromatic N) is 3. The van der Waals surface area contributed by atoms with Gasteiger partial charge in [-0.15, -0.1) is 0 Å². The van der Waals surface area contributed by atoms with Gasteiger partial charge in [0.2, 0.25) is 11.8 Å². The first-order valence-electron chi connectivity index (χ1n) is 7.46. The van der Waals surface area contributed by atoms with Crippen molar-refractivity contribution in [2.24, 2.45) is 5.73 Å². The zero-order valence-electron chi connectivity index (χ0n) is 12.6. The molecular weight excluding hydrogens is 256 g/mol. The summed E-state index contributed by atoms with van der Waals surface area (Å²) in [5, 5.41) is 0. The summed E-state index contributed by atoms with van der Waals surface area (Å²) in [7, 11) is 0. The van der Waals surface area contributed by atoms with Crippen molar-refractivity contribution in [1.82, 2.24) is 14.7 Å². The third-order valence-electron chi connectivity index (χ3n) is 4.03. The molecule has 2 fully saturated rings. The van der Waals surface area contributed by atoms with E-state index in [1.165, 1.54) is 12.8 Å². The topological polar surface area (TPSA) is 69.9 Å². The van der Waals surface area contributed by atoms with Gasteiger partial charge in [-0.05, 0) is 39.8 Å². The number of rotatable bonds is 3. The molecule has 0 aromatic rings. The van der Waals surface area contributed by atoms with Crippen molar-refractivity contribution in [3.05, 3.63) is 0 Å². The van der Waals surface area contributed by atoms with Crippen LogP contribution in [0.1, 0.15) is 26.7 Å². The number of likely N-dealkylation sites (tertiary alicyclic amines) is 1.